The van der Waals surface area contributed by atoms with E-state index in [1.54, 1.807) is 4.52 Å². The van der Waals surface area contributed by atoms with Crippen molar-refractivity contribution in [2.45, 2.75) is 44.8 Å². The van der Waals surface area contributed by atoms with Crippen molar-refractivity contribution in [1.29, 1.82) is 0 Å². The summed E-state index contributed by atoms with van der Waals surface area (Å²) in [6.07, 6.45) is 3.00. The third-order valence-electron chi connectivity index (χ3n) is 7.40. The molecule has 1 N–H and O–H groups in total. The zero-order valence-corrected chi connectivity index (χ0v) is 21.6. The first-order valence-electron chi connectivity index (χ1n) is 12.6. The molecule has 0 spiro atoms. The SMILES string of the molecule is O=c1c2c(nc3cc(C4CCCN(Cc5cccc(Cl)c5)C4)[nH]n13)CCN(Cc1cccc(Cl)c1)C2. The van der Waals surface area contributed by atoms with Gasteiger partial charge in [-0.05, 0) is 54.8 Å². The van der Waals surface area contributed by atoms with Gasteiger partial charge in [0, 0.05) is 66.9 Å². The molecule has 0 saturated carbocycles. The van der Waals surface area contributed by atoms with Crippen molar-refractivity contribution in [2.24, 2.45) is 0 Å². The highest BCUT2D eigenvalue weighted by Crippen LogP contribution is 2.28. The molecule has 2 aliphatic rings. The van der Waals surface area contributed by atoms with E-state index >= 15 is 0 Å². The molecule has 0 aliphatic carbocycles. The van der Waals surface area contributed by atoms with E-state index in [4.69, 9.17) is 28.2 Å². The lowest BCUT2D eigenvalue weighted by atomic mass is 9.94. The third-order valence-corrected chi connectivity index (χ3v) is 7.87. The smallest absolute Gasteiger partial charge is 0.277 e. The van der Waals surface area contributed by atoms with Gasteiger partial charge in [0.2, 0.25) is 0 Å². The zero-order valence-electron chi connectivity index (χ0n) is 20.1. The number of aromatic amines is 1. The number of halogens is 2. The number of benzene rings is 2. The van der Waals surface area contributed by atoms with Crippen LogP contribution in [0.3, 0.4) is 0 Å². The molecule has 2 aliphatic heterocycles. The summed E-state index contributed by atoms with van der Waals surface area (Å²) in [6, 6.07) is 18.1. The summed E-state index contributed by atoms with van der Waals surface area (Å²) in [6.45, 7) is 5.14. The topological polar surface area (TPSA) is 56.6 Å². The van der Waals surface area contributed by atoms with E-state index in [9.17, 15) is 4.79 Å². The predicted octanol–water partition coefficient (Wildman–Crippen LogP) is 5.27. The summed E-state index contributed by atoms with van der Waals surface area (Å²) in [5.41, 5.74) is 5.94. The Morgan fingerprint density at radius 3 is 2.39 bits per heavy atom. The summed E-state index contributed by atoms with van der Waals surface area (Å²) in [7, 11) is 0. The minimum atomic E-state index is 0.0173. The summed E-state index contributed by atoms with van der Waals surface area (Å²) >= 11 is 12.3. The molecule has 186 valence electrons. The molecule has 6 rings (SSSR count). The van der Waals surface area contributed by atoms with Crippen molar-refractivity contribution in [1.82, 2.24) is 24.4 Å². The van der Waals surface area contributed by atoms with Crippen molar-refractivity contribution in [3.63, 3.8) is 0 Å². The number of nitrogens with zero attached hydrogens (tertiary/aromatic N) is 4. The molecule has 1 fully saturated rings. The van der Waals surface area contributed by atoms with Gasteiger partial charge in [-0.3, -0.25) is 19.7 Å². The highest BCUT2D eigenvalue weighted by atomic mass is 35.5. The number of hydrogen-bond donors (Lipinski definition) is 1. The first-order chi connectivity index (χ1) is 17.5. The normalized spacial score (nSPS) is 19.0. The van der Waals surface area contributed by atoms with Crippen LogP contribution in [0.2, 0.25) is 10.0 Å². The molecule has 1 saturated heterocycles. The van der Waals surface area contributed by atoms with Crippen LogP contribution >= 0.6 is 23.2 Å². The number of piperidine rings is 1. The lowest BCUT2D eigenvalue weighted by Crippen LogP contribution is -2.36. The van der Waals surface area contributed by atoms with Crippen molar-refractivity contribution < 1.29 is 0 Å². The second kappa shape index (κ2) is 10.0. The molecule has 4 aromatic rings. The first-order valence-corrected chi connectivity index (χ1v) is 13.3. The summed E-state index contributed by atoms with van der Waals surface area (Å²) in [5, 5.41) is 4.92. The molecule has 2 aromatic heterocycles. The molecule has 0 bridgehead atoms. The van der Waals surface area contributed by atoms with E-state index in [1.807, 2.05) is 36.4 Å². The number of aromatic nitrogens is 3. The number of likely N-dealkylation sites (tertiary alicyclic amines) is 1. The van der Waals surface area contributed by atoms with E-state index < -0.39 is 0 Å². The molecule has 36 heavy (non-hydrogen) atoms. The highest BCUT2D eigenvalue weighted by molar-refractivity contribution is 6.30. The van der Waals surface area contributed by atoms with Gasteiger partial charge in [-0.25, -0.2) is 9.50 Å². The van der Waals surface area contributed by atoms with Crippen LogP contribution in [0.5, 0.6) is 0 Å². The lowest BCUT2D eigenvalue weighted by Gasteiger charge is -2.32. The number of H-pyrrole nitrogens is 1. The minimum absolute atomic E-state index is 0.0173. The predicted molar refractivity (Wildman–Crippen MR) is 144 cm³/mol. The Kier molecular flexibility index (Phi) is 6.61. The number of nitrogens with one attached hydrogen (secondary N) is 1. The van der Waals surface area contributed by atoms with Gasteiger partial charge in [0.1, 0.15) is 0 Å². The maximum absolute atomic E-state index is 13.5. The molecule has 1 atom stereocenters. The molecule has 4 heterocycles. The Hall–Kier alpha value is -2.64. The Morgan fingerprint density at radius 2 is 1.67 bits per heavy atom. The standard InChI is InChI=1S/C28H29Cl2N5O/c29-22-7-1-4-19(12-22)15-33-10-3-6-21(17-33)26-14-27-31-25-9-11-34(16-20-5-2-8-23(30)13-20)18-24(25)28(36)35(27)32-26/h1-2,4-5,7-8,12-14,21,32H,3,6,9-11,15-18H2. The van der Waals surface area contributed by atoms with Gasteiger partial charge in [0.25, 0.3) is 5.56 Å². The Labute approximate surface area is 220 Å². The van der Waals surface area contributed by atoms with E-state index in [2.05, 4.69) is 33.1 Å². The van der Waals surface area contributed by atoms with Crippen molar-refractivity contribution >= 4 is 28.8 Å². The summed E-state index contributed by atoms with van der Waals surface area (Å²) < 4.78 is 1.65. The molecule has 8 heteroatoms. The van der Waals surface area contributed by atoms with E-state index in [1.165, 1.54) is 5.56 Å². The molecule has 2 aromatic carbocycles. The average Bonchev–Trinajstić information content (AvgIpc) is 3.29. The second-order valence-electron chi connectivity index (χ2n) is 10.0. The van der Waals surface area contributed by atoms with Crippen LogP contribution in [-0.2, 0) is 26.1 Å². The van der Waals surface area contributed by atoms with Gasteiger partial charge in [-0.2, -0.15) is 0 Å². The zero-order chi connectivity index (χ0) is 24.6. The van der Waals surface area contributed by atoms with Gasteiger partial charge in [0.15, 0.2) is 5.65 Å². The molecular formula is C28H29Cl2N5O. The molecule has 6 nitrogen and oxygen atoms in total. The van der Waals surface area contributed by atoms with Crippen LogP contribution in [0.15, 0.2) is 59.4 Å². The number of hydrogen-bond acceptors (Lipinski definition) is 4. The van der Waals surface area contributed by atoms with E-state index in [0.29, 0.717) is 12.5 Å². The molecule has 0 radical (unpaired) electrons. The van der Waals surface area contributed by atoms with Crippen LogP contribution in [0.1, 0.15) is 46.8 Å². The fourth-order valence-corrected chi connectivity index (χ4v) is 6.07. The van der Waals surface area contributed by atoms with Crippen LogP contribution in [-0.4, -0.2) is 44.0 Å². The van der Waals surface area contributed by atoms with Crippen molar-refractivity contribution in [3.05, 3.63) is 103 Å². The van der Waals surface area contributed by atoms with Crippen LogP contribution in [0.4, 0.5) is 0 Å². The van der Waals surface area contributed by atoms with Gasteiger partial charge in [-0.15, -0.1) is 0 Å². The Bertz CT molecular complexity index is 1460. The highest BCUT2D eigenvalue weighted by Gasteiger charge is 2.26. The number of fused-ring (bicyclic) bond motifs is 2. The van der Waals surface area contributed by atoms with Gasteiger partial charge in [-0.1, -0.05) is 47.5 Å². The van der Waals surface area contributed by atoms with Crippen LogP contribution in [0.25, 0.3) is 5.65 Å². The van der Waals surface area contributed by atoms with Gasteiger partial charge in [0.05, 0.1) is 11.3 Å². The van der Waals surface area contributed by atoms with Crippen LogP contribution in [0, 0.1) is 0 Å². The van der Waals surface area contributed by atoms with Crippen molar-refractivity contribution in [2.75, 3.05) is 19.6 Å². The molecule has 0 amide bonds. The maximum Gasteiger partial charge on any atom is 0.277 e. The monoisotopic (exact) mass is 521 g/mol. The third kappa shape index (κ3) is 4.96. The minimum Gasteiger partial charge on any atom is -0.298 e. The Morgan fingerprint density at radius 1 is 0.944 bits per heavy atom. The number of rotatable bonds is 5. The van der Waals surface area contributed by atoms with Crippen LogP contribution < -0.4 is 5.56 Å². The van der Waals surface area contributed by atoms with Crippen molar-refractivity contribution in [3.8, 4) is 0 Å². The lowest BCUT2D eigenvalue weighted by molar-refractivity contribution is 0.198. The molecule has 1 unspecified atom stereocenters. The summed E-state index contributed by atoms with van der Waals surface area (Å²) in [5.74, 6) is 0.343. The summed E-state index contributed by atoms with van der Waals surface area (Å²) in [4.78, 5) is 23.1. The average molecular weight is 522 g/mol. The van der Waals surface area contributed by atoms with E-state index in [-0.39, 0.29) is 5.56 Å². The molecular weight excluding hydrogens is 493 g/mol. The Balaban J connectivity index is 1.21. The maximum atomic E-state index is 13.5. The first kappa shape index (κ1) is 23.7. The fraction of sp³-hybridized carbons (Fsp3) is 0.357. The fourth-order valence-electron chi connectivity index (χ4n) is 5.64. The van der Waals surface area contributed by atoms with Gasteiger partial charge >= 0.3 is 0 Å². The van der Waals surface area contributed by atoms with Gasteiger partial charge < -0.3 is 0 Å². The second-order valence-corrected chi connectivity index (χ2v) is 10.9. The largest absolute Gasteiger partial charge is 0.298 e. The quantitative estimate of drug-likeness (QED) is 0.388. The van der Waals surface area contributed by atoms with E-state index in [0.717, 1.165) is 90.2 Å².